The van der Waals surface area contributed by atoms with Gasteiger partial charge in [0.25, 0.3) is 0 Å². The van der Waals surface area contributed by atoms with Crippen molar-refractivity contribution in [2.45, 2.75) is 32.2 Å². The average Bonchev–Trinajstić information content (AvgIpc) is 2.24. The van der Waals surface area contributed by atoms with Gasteiger partial charge in [0, 0.05) is 18.4 Å². The van der Waals surface area contributed by atoms with Crippen LogP contribution in [-0.2, 0) is 10.0 Å². The molecule has 0 aliphatic heterocycles. The summed E-state index contributed by atoms with van der Waals surface area (Å²) in [6, 6.07) is 3.55. The summed E-state index contributed by atoms with van der Waals surface area (Å²) in [7, 11) is -3.18. The predicted molar refractivity (Wildman–Crippen MR) is 64.5 cm³/mol. The lowest BCUT2D eigenvalue weighted by molar-refractivity contribution is 0.528. The summed E-state index contributed by atoms with van der Waals surface area (Å²) >= 11 is 0. The molecule has 0 saturated heterocycles. The second kappa shape index (κ2) is 5.96. The standard InChI is InChI=1S/C11H18N2O2S/c1-3-4-7-11(13-16(2,14)15)10-6-5-8-12-9-10/h5-6,8-9,11,13H,3-4,7H2,1-2H3/t11-/m0/s1. The minimum atomic E-state index is -3.18. The van der Waals surface area contributed by atoms with E-state index in [1.165, 1.54) is 6.26 Å². The van der Waals surface area contributed by atoms with Crippen LogP contribution in [0.25, 0.3) is 0 Å². The maximum atomic E-state index is 11.2. The van der Waals surface area contributed by atoms with Crippen molar-refractivity contribution < 1.29 is 8.42 Å². The van der Waals surface area contributed by atoms with E-state index in [-0.39, 0.29) is 6.04 Å². The van der Waals surface area contributed by atoms with Gasteiger partial charge in [-0.2, -0.15) is 0 Å². The highest BCUT2D eigenvalue weighted by molar-refractivity contribution is 7.88. The van der Waals surface area contributed by atoms with Gasteiger partial charge in [-0.25, -0.2) is 13.1 Å². The third-order valence-corrected chi connectivity index (χ3v) is 3.00. The van der Waals surface area contributed by atoms with Gasteiger partial charge in [-0.1, -0.05) is 25.8 Å². The highest BCUT2D eigenvalue weighted by atomic mass is 32.2. The first-order chi connectivity index (χ1) is 7.53. The molecule has 5 heteroatoms. The number of rotatable bonds is 6. The summed E-state index contributed by atoms with van der Waals surface area (Å²) in [6.45, 7) is 2.08. The predicted octanol–water partition coefficient (Wildman–Crippen LogP) is 1.86. The Morgan fingerprint density at radius 3 is 2.75 bits per heavy atom. The van der Waals surface area contributed by atoms with E-state index < -0.39 is 10.0 Å². The number of pyridine rings is 1. The van der Waals surface area contributed by atoms with E-state index in [1.807, 2.05) is 12.1 Å². The van der Waals surface area contributed by atoms with Crippen molar-refractivity contribution in [2.24, 2.45) is 0 Å². The lowest BCUT2D eigenvalue weighted by Gasteiger charge is -2.17. The quantitative estimate of drug-likeness (QED) is 0.828. The number of unbranched alkanes of at least 4 members (excludes halogenated alkanes) is 1. The highest BCUT2D eigenvalue weighted by Crippen LogP contribution is 2.18. The molecule has 1 aromatic rings. The Balaban J connectivity index is 2.79. The van der Waals surface area contributed by atoms with E-state index in [9.17, 15) is 8.42 Å². The molecule has 0 bridgehead atoms. The first kappa shape index (κ1) is 13.1. The maximum Gasteiger partial charge on any atom is 0.209 e. The largest absolute Gasteiger partial charge is 0.264 e. The molecule has 0 aliphatic carbocycles. The zero-order valence-corrected chi connectivity index (χ0v) is 10.5. The van der Waals surface area contributed by atoms with E-state index >= 15 is 0 Å². The summed E-state index contributed by atoms with van der Waals surface area (Å²) in [4.78, 5) is 4.01. The summed E-state index contributed by atoms with van der Waals surface area (Å²) in [5.74, 6) is 0. The SMILES string of the molecule is CCCC[C@H](NS(C)(=O)=O)c1cccnc1. The number of hydrogen-bond donors (Lipinski definition) is 1. The molecule has 90 valence electrons. The van der Waals surface area contributed by atoms with Crippen molar-refractivity contribution >= 4 is 10.0 Å². The van der Waals surface area contributed by atoms with Gasteiger partial charge in [-0.15, -0.1) is 0 Å². The number of aromatic nitrogens is 1. The molecule has 0 aliphatic rings. The first-order valence-electron chi connectivity index (χ1n) is 5.40. The van der Waals surface area contributed by atoms with Gasteiger partial charge in [-0.3, -0.25) is 4.98 Å². The van der Waals surface area contributed by atoms with Gasteiger partial charge >= 0.3 is 0 Å². The van der Waals surface area contributed by atoms with Crippen LogP contribution in [0.3, 0.4) is 0 Å². The lowest BCUT2D eigenvalue weighted by Crippen LogP contribution is -2.27. The van der Waals surface area contributed by atoms with Crippen molar-refractivity contribution in [2.75, 3.05) is 6.26 Å². The Morgan fingerprint density at radius 1 is 1.50 bits per heavy atom. The van der Waals surface area contributed by atoms with Crippen LogP contribution in [0.15, 0.2) is 24.5 Å². The summed E-state index contributed by atoms with van der Waals surface area (Å²) in [5.41, 5.74) is 0.918. The fourth-order valence-electron chi connectivity index (χ4n) is 1.54. The van der Waals surface area contributed by atoms with Gasteiger partial charge in [0.05, 0.1) is 6.26 Å². The molecule has 0 saturated carbocycles. The third kappa shape index (κ3) is 4.72. The van der Waals surface area contributed by atoms with E-state index in [0.29, 0.717) is 0 Å². The van der Waals surface area contributed by atoms with E-state index in [2.05, 4.69) is 16.6 Å². The van der Waals surface area contributed by atoms with Gasteiger partial charge in [0.15, 0.2) is 0 Å². The molecule has 0 unspecified atom stereocenters. The highest BCUT2D eigenvalue weighted by Gasteiger charge is 2.15. The summed E-state index contributed by atoms with van der Waals surface area (Å²) < 4.78 is 25.1. The summed E-state index contributed by atoms with van der Waals surface area (Å²) in [6.07, 6.45) is 7.40. The van der Waals surface area contributed by atoms with Gasteiger partial charge in [0.1, 0.15) is 0 Å². The number of nitrogens with one attached hydrogen (secondary N) is 1. The minimum absolute atomic E-state index is 0.163. The van der Waals surface area contributed by atoms with Gasteiger partial charge < -0.3 is 0 Å². The van der Waals surface area contributed by atoms with Crippen LogP contribution in [0.1, 0.15) is 37.8 Å². The van der Waals surface area contributed by atoms with Gasteiger partial charge in [-0.05, 0) is 18.1 Å². The molecule has 16 heavy (non-hydrogen) atoms. The Hall–Kier alpha value is -0.940. The van der Waals surface area contributed by atoms with Crippen LogP contribution >= 0.6 is 0 Å². The molecule has 0 spiro atoms. The molecule has 0 radical (unpaired) electrons. The van der Waals surface area contributed by atoms with Gasteiger partial charge in [0.2, 0.25) is 10.0 Å². The molecule has 1 N–H and O–H groups in total. The Bertz CT molecular complexity index is 403. The third-order valence-electron chi connectivity index (χ3n) is 2.29. The molecule has 4 nitrogen and oxygen atoms in total. The molecular weight excluding hydrogens is 224 g/mol. The van der Waals surface area contributed by atoms with Crippen LogP contribution in [-0.4, -0.2) is 19.7 Å². The van der Waals surface area contributed by atoms with Crippen molar-refractivity contribution in [1.82, 2.24) is 9.71 Å². The number of sulfonamides is 1. The smallest absolute Gasteiger partial charge is 0.209 e. The molecule has 1 aromatic heterocycles. The zero-order valence-electron chi connectivity index (χ0n) is 9.68. The molecule has 1 atom stereocenters. The van der Waals surface area contributed by atoms with Crippen LogP contribution in [0.2, 0.25) is 0 Å². The fourth-order valence-corrected chi connectivity index (χ4v) is 2.31. The Kier molecular flexibility index (Phi) is 4.89. The second-order valence-electron chi connectivity index (χ2n) is 3.87. The number of hydrogen-bond acceptors (Lipinski definition) is 3. The van der Waals surface area contributed by atoms with Crippen molar-refractivity contribution in [1.29, 1.82) is 0 Å². The van der Waals surface area contributed by atoms with Crippen LogP contribution < -0.4 is 4.72 Å². The Labute approximate surface area is 97.2 Å². The molecule has 0 aromatic carbocycles. The van der Waals surface area contributed by atoms with Crippen LogP contribution in [0.4, 0.5) is 0 Å². The zero-order chi connectivity index (χ0) is 12.0. The lowest BCUT2D eigenvalue weighted by atomic mass is 10.0. The van der Waals surface area contributed by atoms with Crippen LogP contribution in [0, 0.1) is 0 Å². The molecule has 1 rings (SSSR count). The monoisotopic (exact) mass is 242 g/mol. The van der Waals surface area contributed by atoms with Crippen molar-refractivity contribution in [3.63, 3.8) is 0 Å². The number of nitrogens with zero attached hydrogens (tertiary/aromatic N) is 1. The maximum absolute atomic E-state index is 11.2. The van der Waals surface area contributed by atoms with E-state index in [4.69, 9.17) is 0 Å². The normalized spacial score (nSPS) is 13.6. The Morgan fingerprint density at radius 2 is 2.25 bits per heavy atom. The van der Waals surface area contributed by atoms with Crippen LogP contribution in [0.5, 0.6) is 0 Å². The molecular formula is C11H18N2O2S. The molecule has 0 amide bonds. The average molecular weight is 242 g/mol. The first-order valence-corrected chi connectivity index (χ1v) is 7.29. The van der Waals surface area contributed by atoms with E-state index in [1.54, 1.807) is 12.4 Å². The van der Waals surface area contributed by atoms with E-state index in [0.717, 1.165) is 24.8 Å². The molecule has 0 fully saturated rings. The second-order valence-corrected chi connectivity index (χ2v) is 5.65. The fraction of sp³-hybridized carbons (Fsp3) is 0.545. The topological polar surface area (TPSA) is 59.1 Å². The summed E-state index contributed by atoms with van der Waals surface area (Å²) in [5, 5.41) is 0. The molecule has 1 heterocycles. The van der Waals surface area contributed by atoms with Crippen molar-refractivity contribution in [3.8, 4) is 0 Å². The van der Waals surface area contributed by atoms with Crippen molar-refractivity contribution in [3.05, 3.63) is 30.1 Å². The minimum Gasteiger partial charge on any atom is -0.264 e.